The lowest BCUT2D eigenvalue weighted by atomic mass is 10.0. The maximum absolute atomic E-state index is 13.7. The SMILES string of the molecule is O=[N+]([O-])c1cnc(N2CCC(Nc3ccccc3F)CC2)c(Cl)c1. The van der Waals surface area contributed by atoms with Crippen molar-refractivity contribution < 1.29 is 9.31 Å². The second kappa shape index (κ2) is 7.00. The molecule has 126 valence electrons. The summed E-state index contributed by atoms with van der Waals surface area (Å²) >= 11 is 6.12. The maximum Gasteiger partial charge on any atom is 0.289 e. The van der Waals surface area contributed by atoms with E-state index in [2.05, 4.69) is 10.3 Å². The van der Waals surface area contributed by atoms with Crippen LogP contribution in [-0.4, -0.2) is 29.0 Å². The Kier molecular flexibility index (Phi) is 4.80. The summed E-state index contributed by atoms with van der Waals surface area (Å²) in [6, 6.07) is 8.07. The molecule has 6 nitrogen and oxygen atoms in total. The Bertz CT molecular complexity index is 751. The molecular formula is C16H16ClFN4O2. The number of nitrogens with one attached hydrogen (secondary N) is 1. The summed E-state index contributed by atoms with van der Waals surface area (Å²) in [7, 11) is 0. The van der Waals surface area contributed by atoms with Gasteiger partial charge in [-0.15, -0.1) is 0 Å². The van der Waals surface area contributed by atoms with Gasteiger partial charge < -0.3 is 10.2 Å². The first-order chi connectivity index (χ1) is 11.5. The van der Waals surface area contributed by atoms with Crippen molar-refractivity contribution in [2.45, 2.75) is 18.9 Å². The van der Waals surface area contributed by atoms with Gasteiger partial charge in [0, 0.05) is 25.2 Å². The first kappa shape index (κ1) is 16.4. The third-order valence-corrected chi connectivity index (χ3v) is 4.32. The fraction of sp³-hybridized carbons (Fsp3) is 0.312. The van der Waals surface area contributed by atoms with Crippen LogP contribution >= 0.6 is 11.6 Å². The molecule has 0 amide bonds. The number of halogens is 2. The van der Waals surface area contributed by atoms with Crippen molar-refractivity contribution in [3.63, 3.8) is 0 Å². The molecule has 8 heteroatoms. The zero-order chi connectivity index (χ0) is 17.1. The van der Waals surface area contributed by atoms with Crippen LogP contribution in [0.3, 0.4) is 0 Å². The van der Waals surface area contributed by atoms with Gasteiger partial charge in [-0.3, -0.25) is 10.1 Å². The van der Waals surface area contributed by atoms with E-state index in [0.717, 1.165) is 12.8 Å². The molecule has 1 N–H and O–H groups in total. The summed E-state index contributed by atoms with van der Waals surface area (Å²) in [6.45, 7) is 1.38. The zero-order valence-corrected chi connectivity index (χ0v) is 13.5. The molecule has 3 rings (SSSR count). The molecule has 2 heterocycles. The summed E-state index contributed by atoms with van der Waals surface area (Å²) in [5, 5.41) is 14.2. The molecule has 0 aliphatic carbocycles. The summed E-state index contributed by atoms with van der Waals surface area (Å²) < 4.78 is 13.7. The highest BCUT2D eigenvalue weighted by Crippen LogP contribution is 2.29. The van der Waals surface area contributed by atoms with E-state index >= 15 is 0 Å². The molecule has 0 atom stereocenters. The van der Waals surface area contributed by atoms with Gasteiger partial charge >= 0.3 is 0 Å². The summed E-state index contributed by atoms with van der Waals surface area (Å²) in [6.07, 6.45) is 2.80. The van der Waals surface area contributed by atoms with Gasteiger partial charge in [0.2, 0.25) is 0 Å². The van der Waals surface area contributed by atoms with Crippen LogP contribution in [0.5, 0.6) is 0 Å². The Hall–Kier alpha value is -2.41. The van der Waals surface area contributed by atoms with E-state index in [-0.39, 0.29) is 22.6 Å². The lowest BCUT2D eigenvalue weighted by Gasteiger charge is -2.34. The van der Waals surface area contributed by atoms with E-state index in [4.69, 9.17) is 11.6 Å². The van der Waals surface area contributed by atoms with Crippen LogP contribution in [-0.2, 0) is 0 Å². The van der Waals surface area contributed by atoms with Gasteiger partial charge in [-0.25, -0.2) is 9.37 Å². The molecule has 0 saturated carbocycles. The van der Waals surface area contributed by atoms with Gasteiger partial charge in [0.25, 0.3) is 5.69 Å². The molecule has 1 saturated heterocycles. The fourth-order valence-electron chi connectivity index (χ4n) is 2.79. The molecule has 0 bridgehead atoms. The van der Waals surface area contributed by atoms with Crippen molar-refractivity contribution in [1.82, 2.24) is 4.98 Å². The minimum absolute atomic E-state index is 0.125. The topological polar surface area (TPSA) is 71.3 Å². The minimum atomic E-state index is -0.521. The molecule has 1 aromatic heterocycles. The van der Waals surface area contributed by atoms with E-state index < -0.39 is 4.92 Å². The number of hydrogen-bond donors (Lipinski definition) is 1. The average molecular weight is 351 g/mol. The van der Waals surface area contributed by atoms with Crippen LogP contribution in [0.4, 0.5) is 21.6 Å². The number of aromatic nitrogens is 1. The van der Waals surface area contributed by atoms with Crippen LogP contribution in [0, 0.1) is 15.9 Å². The van der Waals surface area contributed by atoms with E-state index in [9.17, 15) is 14.5 Å². The smallest absolute Gasteiger partial charge is 0.289 e. The number of para-hydroxylation sites is 1. The van der Waals surface area contributed by atoms with Crippen molar-refractivity contribution in [2.75, 3.05) is 23.3 Å². The first-order valence-corrected chi connectivity index (χ1v) is 7.98. The Labute approximate surface area is 143 Å². The van der Waals surface area contributed by atoms with E-state index in [0.29, 0.717) is 24.6 Å². The normalized spacial score (nSPS) is 15.3. The van der Waals surface area contributed by atoms with E-state index in [1.807, 2.05) is 4.90 Å². The van der Waals surface area contributed by atoms with Crippen molar-refractivity contribution in [1.29, 1.82) is 0 Å². The molecule has 24 heavy (non-hydrogen) atoms. The summed E-state index contributed by atoms with van der Waals surface area (Å²) in [5.41, 5.74) is 0.377. The van der Waals surface area contributed by atoms with Crippen LogP contribution in [0.2, 0.25) is 5.02 Å². The molecule has 0 spiro atoms. The summed E-state index contributed by atoms with van der Waals surface area (Å²) in [4.78, 5) is 16.3. The molecular weight excluding hydrogens is 335 g/mol. The minimum Gasteiger partial charge on any atom is -0.380 e. The van der Waals surface area contributed by atoms with Crippen LogP contribution in [0.15, 0.2) is 36.5 Å². The van der Waals surface area contributed by atoms with Crippen LogP contribution in [0.1, 0.15) is 12.8 Å². The highest BCUT2D eigenvalue weighted by molar-refractivity contribution is 6.33. The Balaban J connectivity index is 1.63. The predicted molar refractivity (Wildman–Crippen MR) is 91.2 cm³/mol. The largest absolute Gasteiger partial charge is 0.380 e. The van der Waals surface area contributed by atoms with Gasteiger partial charge in [-0.1, -0.05) is 23.7 Å². The number of benzene rings is 1. The standard InChI is InChI=1S/C16H16ClFN4O2/c17-13-9-12(22(23)24)10-19-16(13)21-7-5-11(6-8-21)20-15-4-2-1-3-14(15)18/h1-4,9-11,20H,5-8H2. The molecule has 0 unspecified atom stereocenters. The average Bonchev–Trinajstić information content (AvgIpc) is 2.58. The number of pyridine rings is 1. The van der Waals surface area contributed by atoms with Crippen LogP contribution < -0.4 is 10.2 Å². The van der Waals surface area contributed by atoms with Crippen molar-refractivity contribution in [3.05, 3.63) is 57.5 Å². The number of anilines is 2. The number of hydrogen-bond acceptors (Lipinski definition) is 5. The highest BCUT2D eigenvalue weighted by Gasteiger charge is 2.23. The van der Waals surface area contributed by atoms with Gasteiger partial charge in [0.15, 0.2) is 0 Å². The number of rotatable bonds is 4. The van der Waals surface area contributed by atoms with Crippen molar-refractivity contribution in [2.24, 2.45) is 0 Å². The number of nitrogens with zero attached hydrogens (tertiary/aromatic N) is 3. The van der Waals surface area contributed by atoms with Gasteiger partial charge in [-0.05, 0) is 25.0 Å². The first-order valence-electron chi connectivity index (χ1n) is 7.60. The molecule has 1 fully saturated rings. The number of piperidine rings is 1. The lowest BCUT2D eigenvalue weighted by molar-refractivity contribution is -0.385. The zero-order valence-electron chi connectivity index (χ0n) is 12.8. The van der Waals surface area contributed by atoms with Crippen LogP contribution in [0.25, 0.3) is 0 Å². The van der Waals surface area contributed by atoms with Crippen molar-refractivity contribution >= 4 is 28.8 Å². The summed E-state index contributed by atoms with van der Waals surface area (Å²) in [5.74, 6) is 0.284. The van der Waals surface area contributed by atoms with Gasteiger partial charge in [0.05, 0.1) is 15.6 Å². The Morgan fingerprint density at radius 1 is 1.33 bits per heavy atom. The van der Waals surface area contributed by atoms with Crippen molar-refractivity contribution in [3.8, 4) is 0 Å². The van der Waals surface area contributed by atoms with E-state index in [1.165, 1.54) is 18.3 Å². The third kappa shape index (κ3) is 3.56. The molecule has 1 aliphatic rings. The second-order valence-electron chi connectivity index (χ2n) is 5.64. The predicted octanol–water partition coefficient (Wildman–Crippen LogP) is 3.86. The molecule has 1 aliphatic heterocycles. The lowest BCUT2D eigenvalue weighted by Crippen LogP contribution is -2.39. The van der Waals surface area contributed by atoms with Gasteiger partial charge in [0.1, 0.15) is 17.8 Å². The Morgan fingerprint density at radius 2 is 2.04 bits per heavy atom. The highest BCUT2D eigenvalue weighted by atomic mass is 35.5. The van der Waals surface area contributed by atoms with E-state index in [1.54, 1.807) is 18.2 Å². The third-order valence-electron chi connectivity index (χ3n) is 4.05. The number of nitro groups is 1. The molecule has 2 aromatic rings. The Morgan fingerprint density at radius 3 is 2.67 bits per heavy atom. The quantitative estimate of drug-likeness (QED) is 0.669. The second-order valence-corrected chi connectivity index (χ2v) is 6.05. The van der Waals surface area contributed by atoms with Gasteiger partial charge in [-0.2, -0.15) is 0 Å². The molecule has 1 aromatic carbocycles. The maximum atomic E-state index is 13.7. The monoisotopic (exact) mass is 350 g/mol. The fourth-order valence-corrected chi connectivity index (χ4v) is 3.07. The molecule has 0 radical (unpaired) electrons.